The number of esters is 1. The van der Waals surface area contributed by atoms with Crippen LogP contribution in [0.5, 0.6) is 0 Å². The van der Waals surface area contributed by atoms with Crippen LogP contribution in [0.15, 0.2) is 36.7 Å². The van der Waals surface area contributed by atoms with E-state index in [2.05, 4.69) is 30.7 Å². The monoisotopic (exact) mass is 312 g/mol. The van der Waals surface area contributed by atoms with Crippen molar-refractivity contribution in [2.24, 2.45) is 0 Å². The highest BCUT2D eigenvalue weighted by molar-refractivity contribution is 6.03. The average Bonchev–Trinajstić information content (AvgIpc) is 3.04. The van der Waals surface area contributed by atoms with Gasteiger partial charge in [0.15, 0.2) is 6.10 Å². The summed E-state index contributed by atoms with van der Waals surface area (Å²) in [7, 11) is 0. The zero-order valence-corrected chi connectivity index (χ0v) is 12.1. The van der Waals surface area contributed by atoms with Crippen molar-refractivity contribution in [2.45, 2.75) is 13.0 Å². The van der Waals surface area contributed by atoms with Gasteiger partial charge in [-0.2, -0.15) is 15.4 Å². The summed E-state index contributed by atoms with van der Waals surface area (Å²) in [5, 5.41) is 12.7. The summed E-state index contributed by atoms with van der Waals surface area (Å²) in [4.78, 5) is 31.9. The number of carbonyl (C=O) groups excluding carboxylic acids is 2. The Bertz CT molecular complexity index is 848. The van der Waals surface area contributed by atoms with E-state index in [1.54, 1.807) is 24.3 Å². The second-order valence-corrected chi connectivity index (χ2v) is 4.61. The molecule has 2 aromatic heterocycles. The van der Waals surface area contributed by atoms with Gasteiger partial charge in [0.25, 0.3) is 5.91 Å². The molecule has 0 aliphatic carbocycles. The van der Waals surface area contributed by atoms with E-state index in [-0.39, 0.29) is 11.5 Å². The Morgan fingerprint density at radius 1 is 1.17 bits per heavy atom. The predicted molar refractivity (Wildman–Crippen MR) is 79.4 cm³/mol. The molecule has 23 heavy (non-hydrogen) atoms. The number of anilines is 1. The fourth-order valence-electron chi connectivity index (χ4n) is 1.89. The Labute approximate surface area is 130 Å². The quantitative estimate of drug-likeness (QED) is 0.687. The SMILES string of the molecule is CC(OC(=O)c1cccc2n[nH]nc12)C(=O)Nc1ncccn1. The number of nitrogens with zero attached hydrogens (tertiary/aromatic N) is 4. The second kappa shape index (κ2) is 6.18. The fourth-order valence-corrected chi connectivity index (χ4v) is 1.89. The van der Waals surface area contributed by atoms with Gasteiger partial charge in [-0.15, -0.1) is 0 Å². The molecule has 2 heterocycles. The highest BCUT2D eigenvalue weighted by Gasteiger charge is 2.21. The number of aromatic nitrogens is 5. The third-order valence-electron chi connectivity index (χ3n) is 3.02. The maximum Gasteiger partial charge on any atom is 0.341 e. The zero-order chi connectivity index (χ0) is 16.2. The lowest BCUT2D eigenvalue weighted by Gasteiger charge is -2.12. The van der Waals surface area contributed by atoms with Crippen molar-refractivity contribution in [1.82, 2.24) is 25.4 Å². The molecule has 0 radical (unpaired) electrons. The van der Waals surface area contributed by atoms with E-state index in [1.165, 1.54) is 19.3 Å². The molecule has 1 atom stereocenters. The molecule has 3 aromatic rings. The topological polar surface area (TPSA) is 123 Å². The highest BCUT2D eigenvalue weighted by Crippen LogP contribution is 2.15. The van der Waals surface area contributed by atoms with Crippen molar-refractivity contribution >= 4 is 28.9 Å². The van der Waals surface area contributed by atoms with Gasteiger partial charge in [-0.3, -0.25) is 10.1 Å². The molecular weight excluding hydrogens is 300 g/mol. The summed E-state index contributed by atoms with van der Waals surface area (Å²) in [5.41, 5.74) is 1.15. The van der Waals surface area contributed by atoms with Gasteiger partial charge in [-0.05, 0) is 25.1 Å². The van der Waals surface area contributed by atoms with E-state index in [0.29, 0.717) is 11.0 Å². The molecule has 1 unspecified atom stereocenters. The Kier molecular flexibility index (Phi) is 3.91. The van der Waals surface area contributed by atoms with Crippen LogP contribution < -0.4 is 5.32 Å². The molecular formula is C14H12N6O3. The number of amides is 1. The largest absolute Gasteiger partial charge is 0.449 e. The van der Waals surface area contributed by atoms with Gasteiger partial charge in [0.1, 0.15) is 11.0 Å². The molecule has 0 bridgehead atoms. The summed E-state index contributed by atoms with van der Waals surface area (Å²) in [5.74, 6) is -1.06. The summed E-state index contributed by atoms with van der Waals surface area (Å²) in [6, 6.07) is 6.54. The molecule has 0 spiro atoms. The number of hydrogen-bond donors (Lipinski definition) is 2. The molecule has 1 aromatic carbocycles. The van der Waals surface area contributed by atoms with Gasteiger partial charge < -0.3 is 4.74 Å². The van der Waals surface area contributed by atoms with Crippen LogP contribution in [-0.2, 0) is 9.53 Å². The van der Waals surface area contributed by atoms with Crippen molar-refractivity contribution in [2.75, 3.05) is 5.32 Å². The van der Waals surface area contributed by atoms with Gasteiger partial charge in [0.05, 0.1) is 5.56 Å². The molecule has 9 nitrogen and oxygen atoms in total. The third-order valence-corrected chi connectivity index (χ3v) is 3.02. The van der Waals surface area contributed by atoms with Crippen molar-refractivity contribution < 1.29 is 14.3 Å². The molecule has 0 aliphatic heterocycles. The minimum Gasteiger partial charge on any atom is -0.449 e. The highest BCUT2D eigenvalue weighted by atomic mass is 16.5. The van der Waals surface area contributed by atoms with Gasteiger partial charge in [0, 0.05) is 12.4 Å². The number of para-hydroxylation sites is 1. The normalized spacial score (nSPS) is 11.9. The number of nitrogens with one attached hydrogen (secondary N) is 2. The van der Waals surface area contributed by atoms with Gasteiger partial charge in [0.2, 0.25) is 5.95 Å². The standard InChI is InChI=1S/C14H12N6O3/c1-8(12(21)17-14-15-6-3-7-16-14)23-13(22)9-4-2-5-10-11(9)19-20-18-10/h2-8H,1H3,(H,18,19,20)(H,15,16,17,21). The molecule has 0 saturated heterocycles. The number of benzene rings is 1. The number of carbonyl (C=O) groups is 2. The lowest BCUT2D eigenvalue weighted by molar-refractivity contribution is -0.123. The lowest BCUT2D eigenvalue weighted by Crippen LogP contribution is -2.30. The number of ether oxygens (including phenoxy) is 1. The third kappa shape index (κ3) is 3.12. The summed E-state index contributed by atoms with van der Waals surface area (Å²) in [6.07, 6.45) is 1.96. The van der Waals surface area contributed by atoms with Crippen LogP contribution in [0.2, 0.25) is 0 Å². The number of aromatic amines is 1. The van der Waals surface area contributed by atoms with Crippen LogP contribution in [0.4, 0.5) is 5.95 Å². The van der Waals surface area contributed by atoms with Crippen molar-refractivity contribution in [3.63, 3.8) is 0 Å². The van der Waals surface area contributed by atoms with E-state index in [4.69, 9.17) is 4.74 Å². The molecule has 3 rings (SSSR count). The second-order valence-electron chi connectivity index (χ2n) is 4.61. The number of H-pyrrole nitrogens is 1. The minimum absolute atomic E-state index is 0.138. The van der Waals surface area contributed by atoms with Crippen LogP contribution in [0.25, 0.3) is 11.0 Å². The maximum atomic E-state index is 12.2. The minimum atomic E-state index is -1.02. The first-order valence-corrected chi connectivity index (χ1v) is 6.73. The fraction of sp³-hybridized carbons (Fsp3) is 0.143. The molecule has 1 amide bonds. The Morgan fingerprint density at radius 3 is 2.74 bits per heavy atom. The summed E-state index contributed by atoms with van der Waals surface area (Å²) < 4.78 is 5.16. The first-order chi connectivity index (χ1) is 11.1. The van der Waals surface area contributed by atoms with Crippen molar-refractivity contribution in [3.8, 4) is 0 Å². The predicted octanol–water partition coefficient (Wildman–Crippen LogP) is 0.932. The van der Waals surface area contributed by atoms with E-state index in [1.807, 2.05) is 0 Å². The van der Waals surface area contributed by atoms with E-state index in [0.717, 1.165) is 0 Å². The molecule has 0 aliphatic rings. The molecule has 116 valence electrons. The molecule has 2 N–H and O–H groups in total. The molecule has 0 saturated carbocycles. The van der Waals surface area contributed by atoms with Crippen LogP contribution >= 0.6 is 0 Å². The first-order valence-electron chi connectivity index (χ1n) is 6.73. The van der Waals surface area contributed by atoms with Crippen LogP contribution in [0, 0.1) is 0 Å². The van der Waals surface area contributed by atoms with Crippen molar-refractivity contribution in [3.05, 3.63) is 42.2 Å². The first kappa shape index (κ1) is 14.6. The lowest BCUT2D eigenvalue weighted by atomic mass is 10.2. The van der Waals surface area contributed by atoms with Gasteiger partial charge in [-0.1, -0.05) is 6.07 Å². The van der Waals surface area contributed by atoms with Crippen LogP contribution in [0.1, 0.15) is 17.3 Å². The molecule has 9 heteroatoms. The Morgan fingerprint density at radius 2 is 1.96 bits per heavy atom. The van der Waals surface area contributed by atoms with Gasteiger partial charge >= 0.3 is 5.97 Å². The molecule has 0 fully saturated rings. The number of fused-ring (bicyclic) bond motifs is 1. The maximum absolute atomic E-state index is 12.2. The van der Waals surface area contributed by atoms with Crippen LogP contribution in [0.3, 0.4) is 0 Å². The summed E-state index contributed by atoms with van der Waals surface area (Å²) in [6.45, 7) is 1.46. The van der Waals surface area contributed by atoms with Gasteiger partial charge in [-0.25, -0.2) is 14.8 Å². The Balaban J connectivity index is 1.70. The average molecular weight is 312 g/mol. The smallest absolute Gasteiger partial charge is 0.341 e. The Hall–Kier alpha value is -3.36. The van der Waals surface area contributed by atoms with Crippen molar-refractivity contribution in [1.29, 1.82) is 0 Å². The zero-order valence-electron chi connectivity index (χ0n) is 12.1. The summed E-state index contributed by atoms with van der Waals surface area (Å²) >= 11 is 0. The number of hydrogen-bond acceptors (Lipinski definition) is 7. The van der Waals surface area contributed by atoms with E-state index >= 15 is 0 Å². The van der Waals surface area contributed by atoms with E-state index < -0.39 is 18.0 Å². The van der Waals surface area contributed by atoms with E-state index in [9.17, 15) is 9.59 Å². The number of rotatable bonds is 4. The van der Waals surface area contributed by atoms with Crippen LogP contribution in [-0.4, -0.2) is 43.4 Å².